The van der Waals surface area contributed by atoms with Crippen molar-refractivity contribution in [1.29, 1.82) is 0 Å². The molecule has 19 heavy (non-hydrogen) atoms. The molecular weight excluding hydrogens is 238 g/mol. The van der Waals surface area contributed by atoms with Crippen LogP contribution in [0, 0.1) is 13.8 Å². The van der Waals surface area contributed by atoms with Crippen LogP contribution in [0.3, 0.4) is 0 Å². The van der Waals surface area contributed by atoms with E-state index in [1.54, 1.807) is 6.92 Å². The van der Waals surface area contributed by atoms with Crippen molar-refractivity contribution >= 4 is 11.6 Å². The second-order valence-electron chi connectivity index (χ2n) is 5.39. The van der Waals surface area contributed by atoms with Gasteiger partial charge in [-0.3, -0.25) is 4.79 Å². The number of carbonyl (C=O) groups is 1. The minimum Gasteiger partial charge on any atom is -0.368 e. The summed E-state index contributed by atoms with van der Waals surface area (Å²) in [6.07, 6.45) is 0. The van der Waals surface area contributed by atoms with Gasteiger partial charge in [-0.05, 0) is 38.0 Å². The fourth-order valence-electron chi connectivity index (χ4n) is 2.52. The summed E-state index contributed by atoms with van der Waals surface area (Å²) in [6.45, 7) is 9.26. The maximum absolute atomic E-state index is 11.8. The maximum atomic E-state index is 11.8. The van der Waals surface area contributed by atoms with Crippen LogP contribution in [0.2, 0.25) is 0 Å². The minimum absolute atomic E-state index is 0.0561. The summed E-state index contributed by atoms with van der Waals surface area (Å²) in [5, 5.41) is 0. The predicted octanol–water partition coefficient (Wildman–Crippen LogP) is 1.30. The van der Waals surface area contributed by atoms with Gasteiger partial charge in [-0.15, -0.1) is 0 Å². The Balaban J connectivity index is 2.04. The van der Waals surface area contributed by atoms with Gasteiger partial charge in [0.2, 0.25) is 5.91 Å². The molecule has 2 rings (SSSR count). The highest BCUT2D eigenvalue weighted by atomic mass is 16.2. The van der Waals surface area contributed by atoms with Crippen molar-refractivity contribution in [3.05, 3.63) is 29.3 Å². The van der Waals surface area contributed by atoms with Crippen LogP contribution in [-0.2, 0) is 4.79 Å². The summed E-state index contributed by atoms with van der Waals surface area (Å²) >= 11 is 0. The summed E-state index contributed by atoms with van der Waals surface area (Å²) in [5.41, 5.74) is 9.50. The Morgan fingerprint density at radius 3 is 2.42 bits per heavy atom. The van der Waals surface area contributed by atoms with E-state index in [0.717, 1.165) is 26.2 Å². The van der Waals surface area contributed by atoms with E-state index in [4.69, 9.17) is 5.73 Å². The van der Waals surface area contributed by atoms with E-state index in [-0.39, 0.29) is 5.91 Å². The molecule has 2 N–H and O–H groups in total. The van der Waals surface area contributed by atoms with E-state index >= 15 is 0 Å². The van der Waals surface area contributed by atoms with E-state index in [2.05, 4.69) is 36.9 Å². The largest absolute Gasteiger partial charge is 0.368 e. The summed E-state index contributed by atoms with van der Waals surface area (Å²) in [5.74, 6) is 0.0561. The zero-order valence-corrected chi connectivity index (χ0v) is 12.0. The molecule has 0 spiro atoms. The Hall–Kier alpha value is -1.55. The number of hydrogen-bond donors (Lipinski definition) is 1. The summed E-state index contributed by atoms with van der Waals surface area (Å²) in [6, 6.07) is 6.12. The second-order valence-corrected chi connectivity index (χ2v) is 5.39. The van der Waals surface area contributed by atoms with Gasteiger partial charge < -0.3 is 15.5 Å². The number of nitrogens with two attached hydrogens (primary N) is 1. The Bertz CT molecular complexity index is 462. The number of amides is 1. The third-order valence-electron chi connectivity index (χ3n) is 3.69. The first kappa shape index (κ1) is 13.9. The van der Waals surface area contributed by atoms with E-state index in [1.807, 2.05) is 4.90 Å². The first-order valence-electron chi connectivity index (χ1n) is 6.85. The molecule has 104 valence electrons. The second kappa shape index (κ2) is 5.61. The number of piperazine rings is 1. The lowest BCUT2D eigenvalue weighted by molar-refractivity contribution is -0.132. The van der Waals surface area contributed by atoms with Gasteiger partial charge in [-0.2, -0.15) is 0 Å². The highest BCUT2D eigenvalue weighted by molar-refractivity contribution is 5.81. The molecule has 1 unspecified atom stereocenters. The van der Waals surface area contributed by atoms with Gasteiger partial charge in [0.05, 0.1) is 6.04 Å². The van der Waals surface area contributed by atoms with Gasteiger partial charge in [-0.1, -0.05) is 12.1 Å². The Morgan fingerprint density at radius 1 is 1.21 bits per heavy atom. The molecule has 1 heterocycles. The number of anilines is 1. The summed E-state index contributed by atoms with van der Waals surface area (Å²) < 4.78 is 0. The van der Waals surface area contributed by atoms with Gasteiger partial charge in [0, 0.05) is 31.9 Å². The van der Waals surface area contributed by atoms with Crippen LogP contribution in [0.4, 0.5) is 5.69 Å². The van der Waals surface area contributed by atoms with Gasteiger partial charge in [0.15, 0.2) is 0 Å². The highest BCUT2D eigenvalue weighted by Gasteiger charge is 2.23. The first-order valence-corrected chi connectivity index (χ1v) is 6.85. The molecule has 1 aliphatic rings. The summed E-state index contributed by atoms with van der Waals surface area (Å²) in [4.78, 5) is 16.1. The van der Waals surface area contributed by atoms with E-state index < -0.39 is 6.04 Å². The van der Waals surface area contributed by atoms with Gasteiger partial charge in [0.25, 0.3) is 0 Å². The number of rotatable bonds is 2. The molecule has 1 saturated heterocycles. The Kier molecular flexibility index (Phi) is 4.10. The lowest BCUT2D eigenvalue weighted by Crippen LogP contribution is -2.52. The van der Waals surface area contributed by atoms with E-state index in [9.17, 15) is 4.79 Å². The van der Waals surface area contributed by atoms with Crippen LogP contribution in [0.1, 0.15) is 18.1 Å². The lowest BCUT2D eigenvalue weighted by atomic mass is 10.1. The van der Waals surface area contributed by atoms with Crippen molar-refractivity contribution < 1.29 is 4.79 Å². The molecule has 0 radical (unpaired) electrons. The number of benzene rings is 1. The van der Waals surface area contributed by atoms with Crippen molar-refractivity contribution in [1.82, 2.24) is 4.90 Å². The average Bonchev–Trinajstić information content (AvgIpc) is 2.41. The van der Waals surface area contributed by atoms with Crippen LogP contribution >= 0.6 is 0 Å². The molecular formula is C15H23N3O. The highest BCUT2D eigenvalue weighted by Crippen LogP contribution is 2.22. The average molecular weight is 261 g/mol. The Labute approximate surface area is 115 Å². The molecule has 0 aromatic heterocycles. The van der Waals surface area contributed by atoms with Crippen molar-refractivity contribution in [3.8, 4) is 0 Å². The van der Waals surface area contributed by atoms with Crippen LogP contribution in [0.25, 0.3) is 0 Å². The van der Waals surface area contributed by atoms with Crippen LogP contribution in [0.15, 0.2) is 18.2 Å². The quantitative estimate of drug-likeness (QED) is 0.873. The molecule has 1 amide bonds. The molecule has 1 fully saturated rings. The standard InChI is InChI=1S/C15H23N3O/c1-11-4-5-12(2)14(10-11)17-6-8-18(9-7-17)15(19)13(3)16/h4-5,10,13H,6-9,16H2,1-3H3. The monoisotopic (exact) mass is 261 g/mol. The number of hydrogen-bond acceptors (Lipinski definition) is 3. The van der Waals surface area contributed by atoms with Gasteiger partial charge >= 0.3 is 0 Å². The fraction of sp³-hybridized carbons (Fsp3) is 0.533. The zero-order valence-electron chi connectivity index (χ0n) is 12.0. The normalized spacial score (nSPS) is 17.5. The number of nitrogens with zero attached hydrogens (tertiary/aromatic N) is 2. The molecule has 1 atom stereocenters. The zero-order chi connectivity index (χ0) is 14.0. The first-order chi connectivity index (χ1) is 8.99. The summed E-state index contributed by atoms with van der Waals surface area (Å²) in [7, 11) is 0. The molecule has 1 aromatic carbocycles. The van der Waals surface area contributed by atoms with Gasteiger partial charge in [-0.25, -0.2) is 0 Å². The molecule has 4 heteroatoms. The Morgan fingerprint density at radius 2 is 1.84 bits per heavy atom. The third kappa shape index (κ3) is 3.07. The third-order valence-corrected chi connectivity index (χ3v) is 3.69. The molecule has 4 nitrogen and oxygen atoms in total. The fourth-order valence-corrected chi connectivity index (χ4v) is 2.52. The molecule has 0 aliphatic carbocycles. The van der Waals surface area contributed by atoms with Crippen LogP contribution < -0.4 is 10.6 Å². The minimum atomic E-state index is -0.396. The predicted molar refractivity (Wildman–Crippen MR) is 78.4 cm³/mol. The molecule has 0 saturated carbocycles. The van der Waals surface area contributed by atoms with E-state index in [0.29, 0.717) is 0 Å². The van der Waals surface area contributed by atoms with Crippen molar-refractivity contribution in [2.45, 2.75) is 26.8 Å². The molecule has 0 bridgehead atoms. The van der Waals surface area contributed by atoms with Crippen LogP contribution in [-0.4, -0.2) is 43.0 Å². The lowest BCUT2D eigenvalue weighted by Gasteiger charge is -2.37. The number of aryl methyl sites for hydroxylation is 2. The molecule has 1 aliphatic heterocycles. The van der Waals surface area contributed by atoms with Gasteiger partial charge in [0.1, 0.15) is 0 Å². The maximum Gasteiger partial charge on any atom is 0.239 e. The van der Waals surface area contributed by atoms with E-state index in [1.165, 1.54) is 16.8 Å². The SMILES string of the molecule is Cc1ccc(C)c(N2CCN(C(=O)C(C)N)CC2)c1. The van der Waals surface area contributed by atoms with Crippen LogP contribution in [0.5, 0.6) is 0 Å². The number of carbonyl (C=O) groups excluding carboxylic acids is 1. The van der Waals surface area contributed by atoms with Crippen molar-refractivity contribution in [2.24, 2.45) is 5.73 Å². The van der Waals surface area contributed by atoms with Crippen molar-refractivity contribution in [3.63, 3.8) is 0 Å². The van der Waals surface area contributed by atoms with Crippen molar-refractivity contribution in [2.75, 3.05) is 31.1 Å². The molecule has 1 aromatic rings. The topological polar surface area (TPSA) is 49.6 Å². The smallest absolute Gasteiger partial charge is 0.239 e.